The standard InChI is InChI=1S/C16H32N2O/c1-4-8-17-16(12-19)7-5-6-15(9-16)18-10-13(2)14(3)11-18/h13-15,17,19H,4-12H2,1-3H3. The van der Waals surface area contributed by atoms with Crippen LogP contribution in [0.15, 0.2) is 0 Å². The summed E-state index contributed by atoms with van der Waals surface area (Å²) in [4.78, 5) is 2.69. The van der Waals surface area contributed by atoms with E-state index in [4.69, 9.17) is 0 Å². The summed E-state index contributed by atoms with van der Waals surface area (Å²) in [5.74, 6) is 1.66. The second-order valence-corrected chi connectivity index (χ2v) is 7.02. The van der Waals surface area contributed by atoms with Crippen molar-refractivity contribution in [1.29, 1.82) is 0 Å². The van der Waals surface area contributed by atoms with Crippen molar-refractivity contribution in [3.8, 4) is 0 Å². The number of likely N-dealkylation sites (tertiary alicyclic amines) is 1. The summed E-state index contributed by atoms with van der Waals surface area (Å²) in [7, 11) is 0. The highest BCUT2D eigenvalue weighted by atomic mass is 16.3. The van der Waals surface area contributed by atoms with Gasteiger partial charge in [-0.3, -0.25) is 4.90 Å². The Balaban J connectivity index is 1.96. The van der Waals surface area contributed by atoms with Crippen LogP contribution in [0.5, 0.6) is 0 Å². The monoisotopic (exact) mass is 268 g/mol. The molecule has 4 unspecified atom stereocenters. The Hall–Kier alpha value is -0.120. The largest absolute Gasteiger partial charge is 0.394 e. The van der Waals surface area contributed by atoms with Gasteiger partial charge >= 0.3 is 0 Å². The maximum Gasteiger partial charge on any atom is 0.0613 e. The molecule has 2 N–H and O–H groups in total. The maximum absolute atomic E-state index is 9.85. The highest BCUT2D eigenvalue weighted by molar-refractivity contribution is 4.98. The van der Waals surface area contributed by atoms with Gasteiger partial charge in [0, 0.05) is 24.7 Å². The van der Waals surface area contributed by atoms with E-state index in [1.807, 2.05) is 0 Å². The zero-order valence-corrected chi connectivity index (χ0v) is 13.0. The molecule has 19 heavy (non-hydrogen) atoms. The highest BCUT2D eigenvalue weighted by Crippen LogP contribution is 2.34. The molecule has 3 nitrogen and oxygen atoms in total. The van der Waals surface area contributed by atoms with Crippen molar-refractivity contribution in [2.75, 3.05) is 26.2 Å². The molecule has 2 fully saturated rings. The molecule has 0 aromatic carbocycles. The second kappa shape index (κ2) is 6.55. The Bertz CT molecular complexity index is 274. The molecule has 0 spiro atoms. The number of aliphatic hydroxyl groups excluding tert-OH is 1. The Labute approximate surface area is 118 Å². The van der Waals surface area contributed by atoms with E-state index < -0.39 is 0 Å². The quantitative estimate of drug-likeness (QED) is 0.803. The second-order valence-electron chi connectivity index (χ2n) is 7.02. The molecular formula is C16H32N2O. The van der Waals surface area contributed by atoms with Crippen molar-refractivity contribution >= 4 is 0 Å². The molecular weight excluding hydrogens is 236 g/mol. The van der Waals surface area contributed by atoms with Crippen LogP contribution in [-0.2, 0) is 0 Å². The predicted molar refractivity (Wildman–Crippen MR) is 80.3 cm³/mol. The molecule has 1 saturated heterocycles. The van der Waals surface area contributed by atoms with Gasteiger partial charge in [-0.15, -0.1) is 0 Å². The summed E-state index contributed by atoms with van der Waals surface area (Å²) in [5.41, 5.74) is -0.00596. The van der Waals surface area contributed by atoms with E-state index in [0.29, 0.717) is 12.6 Å². The topological polar surface area (TPSA) is 35.5 Å². The third-order valence-corrected chi connectivity index (χ3v) is 5.40. The van der Waals surface area contributed by atoms with Crippen molar-refractivity contribution in [3.05, 3.63) is 0 Å². The molecule has 2 aliphatic rings. The molecule has 0 amide bonds. The Morgan fingerprint density at radius 2 is 1.95 bits per heavy atom. The summed E-state index contributed by atoms with van der Waals surface area (Å²) in [6.45, 7) is 10.8. The van der Waals surface area contributed by atoms with Gasteiger partial charge < -0.3 is 10.4 Å². The molecule has 0 radical (unpaired) electrons. The zero-order valence-electron chi connectivity index (χ0n) is 13.0. The molecule has 0 aromatic rings. The first-order valence-electron chi connectivity index (χ1n) is 8.20. The van der Waals surface area contributed by atoms with Crippen LogP contribution >= 0.6 is 0 Å². The van der Waals surface area contributed by atoms with Crippen molar-refractivity contribution < 1.29 is 5.11 Å². The minimum atomic E-state index is -0.00596. The third-order valence-electron chi connectivity index (χ3n) is 5.40. The average Bonchev–Trinajstić information content (AvgIpc) is 2.77. The van der Waals surface area contributed by atoms with E-state index in [0.717, 1.165) is 37.6 Å². The number of aliphatic hydroxyl groups is 1. The lowest BCUT2D eigenvalue weighted by molar-refractivity contribution is 0.0670. The summed E-state index contributed by atoms with van der Waals surface area (Å²) >= 11 is 0. The normalized spacial score (nSPS) is 40.7. The van der Waals surface area contributed by atoms with Gasteiger partial charge in [0.1, 0.15) is 0 Å². The van der Waals surface area contributed by atoms with Gasteiger partial charge in [-0.1, -0.05) is 20.8 Å². The smallest absolute Gasteiger partial charge is 0.0613 e. The van der Waals surface area contributed by atoms with Crippen LogP contribution in [0.25, 0.3) is 0 Å². The number of hydrogen-bond donors (Lipinski definition) is 2. The van der Waals surface area contributed by atoms with E-state index in [1.165, 1.54) is 25.9 Å². The average molecular weight is 268 g/mol. The molecule has 1 heterocycles. The summed E-state index contributed by atoms with van der Waals surface area (Å²) in [6, 6.07) is 0.678. The maximum atomic E-state index is 9.85. The zero-order chi connectivity index (χ0) is 13.9. The van der Waals surface area contributed by atoms with E-state index in [1.54, 1.807) is 0 Å². The van der Waals surface area contributed by atoms with Gasteiger partial charge in [-0.25, -0.2) is 0 Å². The highest BCUT2D eigenvalue weighted by Gasteiger charge is 2.40. The molecule has 0 aromatic heterocycles. The van der Waals surface area contributed by atoms with Crippen LogP contribution in [0.4, 0.5) is 0 Å². The summed E-state index contributed by atoms with van der Waals surface area (Å²) in [5, 5.41) is 13.5. The lowest BCUT2D eigenvalue weighted by atomic mass is 9.78. The fraction of sp³-hybridized carbons (Fsp3) is 1.00. The van der Waals surface area contributed by atoms with Crippen LogP contribution < -0.4 is 5.32 Å². The first-order chi connectivity index (χ1) is 9.10. The van der Waals surface area contributed by atoms with E-state index in [-0.39, 0.29) is 5.54 Å². The SMILES string of the molecule is CCCNC1(CO)CCCC(N2CC(C)C(C)C2)C1. The Morgan fingerprint density at radius 3 is 2.53 bits per heavy atom. The van der Waals surface area contributed by atoms with Crippen LogP contribution in [0.2, 0.25) is 0 Å². The van der Waals surface area contributed by atoms with Crippen LogP contribution in [0.3, 0.4) is 0 Å². The number of hydrogen-bond acceptors (Lipinski definition) is 3. The van der Waals surface area contributed by atoms with Crippen LogP contribution in [0, 0.1) is 11.8 Å². The molecule has 1 saturated carbocycles. The van der Waals surface area contributed by atoms with Crippen LogP contribution in [-0.4, -0.2) is 47.8 Å². The van der Waals surface area contributed by atoms with Crippen LogP contribution in [0.1, 0.15) is 52.9 Å². The minimum absolute atomic E-state index is 0.00596. The summed E-state index contributed by atoms with van der Waals surface area (Å²) in [6.07, 6.45) is 5.97. The first-order valence-corrected chi connectivity index (χ1v) is 8.20. The van der Waals surface area contributed by atoms with Gasteiger partial charge in [0.05, 0.1) is 6.61 Å². The van der Waals surface area contributed by atoms with Gasteiger partial charge in [0.15, 0.2) is 0 Å². The van der Waals surface area contributed by atoms with Crippen molar-refractivity contribution in [1.82, 2.24) is 10.2 Å². The lowest BCUT2D eigenvalue weighted by Crippen LogP contribution is -2.55. The van der Waals surface area contributed by atoms with Gasteiger partial charge in [-0.2, -0.15) is 0 Å². The molecule has 0 bridgehead atoms. The minimum Gasteiger partial charge on any atom is -0.394 e. The van der Waals surface area contributed by atoms with Crippen molar-refractivity contribution in [3.63, 3.8) is 0 Å². The van der Waals surface area contributed by atoms with Crippen molar-refractivity contribution in [2.24, 2.45) is 11.8 Å². The molecule has 2 rings (SSSR count). The summed E-state index contributed by atoms with van der Waals surface area (Å²) < 4.78 is 0. The number of nitrogens with zero attached hydrogens (tertiary/aromatic N) is 1. The lowest BCUT2D eigenvalue weighted by Gasteiger charge is -2.43. The van der Waals surface area contributed by atoms with E-state index in [2.05, 4.69) is 31.0 Å². The number of rotatable bonds is 5. The third kappa shape index (κ3) is 3.50. The van der Waals surface area contributed by atoms with Gasteiger partial charge in [-0.05, 0) is 50.5 Å². The molecule has 1 aliphatic heterocycles. The molecule has 4 atom stereocenters. The first kappa shape index (κ1) is 15.3. The predicted octanol–water partition coefficient (Wildman–Crippen LogP) is 2.25. The van der Waals surface area contributed by atoms with E-state index >= 15 is 0 Å². The van der Waals surface area contributed by atoms with Gasteiger partial charge in [0.25, 0.3) is 0 Å². The Kier molecular flexibility index (Phi) is 5.27. The fourth-order valence-corrected chi connectivity index (χ4v) is 3.87. The van der Waals surface area contributed by atoms with Crippen molar-refractivity contribution in [2.45, 2.75) is 64.5 Å². The fourth-order valence-electron chi connectivity index (χ4n) is 3.87. The Morgan fingerprint density at radius 1 is 1.26 bits per heavy atom. The molecule has 112 valence electrons. The van der Waals surface area contributed by atoms with Gasteiger partial charge in [0.2, 0.25) is 0 Å². The number of nitrogens with one attached hydrogen (secondary N) is 1. The molecule has 1 aliphatic carbocycles. The van der Waals surface area contributed by atoms with E-state index in [9.17, 15) is 5.11 Å². The molecule has 3 heteroatoms.